The standard InChI is InChI=1S/C21H20O6/c1-14(2)19(22)26-12-13-27-21(24)18-11-7-5-9-16(18)15-8-4-6-10-17(15)20(23)25-3/h4-11H,1,12-13H2,2-3H3. The van der Waals surface area contributed by atoms with E-state index in [9.17, 15) is 14.4 Å². The zero-order valence-electron chi connectivity index (χ0n) is 15.2. The van der Waals surface area contributed by atoms with Crippen molar-refractivity contribution in [3.8, 4) is 11.1 Å². The molecule has 0 saturated heterocycles. The second-order valence-corrected chi connectivity index (χ2v) is 5.63. The van der Waals surface area contributed by atoms with Gasteiger partial charge in [-0.2, -0.15) is 0 Å². The lowest BCUT2D eigenvalue weighted by atomic mass is 9.95. The molecular weight excluding hydrogens is 348 g/mol. The quantitative estimate of drug-likeness (QED) is 0.322. The lowest BCUT2D eigenvalue weighted by Gasteiger charge is -2.12. The van der Waals surface area contributed by atoms with Gasteiger partial charge in [-0.1, -0.05) is 43.0 Å². The molecule has 6 heteroatoms. The van der Waals surface area contributed by atoms with Crippen LogP contribution in [0, 0.1) is 0 Å². The minimum absolute atomic E-state index is 0.0711. The van der Waals surface area contributed by atoms with Crippen molar-refractivity contribution in [3.63, 3.8) is 0 Å². The van der Waals surface area contributed by atoms with Gasteiger partial charge in [0.25, 0.3) is 0 Å². The molecule has 2 aromatic rings. The first-order chi connectivity index (χ1) is 13.0. The molecule has 0 heterocycles. The number of benzene rings is 2. The SMILES string of the molecule is C=C(C)C(=O)OCCOC(=O)c1ccccc1-c1ccccc1C(=O)OC. The van der Waals surface area contributed by atoms with Crippen LogP contribution < -0.4 is 0 Å². The fraction of sp³-hybridized carbons (Fsp3) is 0.190. The van der Waals surface area contributed by atoms with E-state index in [1.165, 1.54) is 14.0 Å². The third-order valence-electron chi connectivity index (χ3n) is 3.67. The molecule has 0 atom stereocenters. The van der Waals surface area contributed by atoms with E-state index in [-0.39, 0.29) is 18.8 Å². The Balaban J connectivity index is 2.19. The van der Waals surface area contributed by atoms with Gasteiger partial charge in [0.05, 0.1) is 18.2 Å². The van der Waals surface area contributed by atoms with E-state index >= 15 is 0 Å². The number of hydrogen-bond acceptors (Lipinski definition) is 6. The molecule has 27 heavy (non-hydrogen) atoms. The normalized spacial score (nSPS) is 10.0. The van der Waals surface area contributed by atoms with Gasteiger partial charge in [0.15, 0.2) is 0 Å². The van der Waals surface area contributed by atoms with Gasteiger partial charge in [-0.15, -0.1) is 0 Å². The maximum Gasteiger partial charge on any atom is 0.338 e. The Morgan fingerprint density at radius 1 is 0.815 bits per heavy atom. The first kappa shape index (κ1) is 19.9. The summed E-state index contributed by atoms with van der Waals surface area (Å²) in [5, 5.41) is 0. The van der Waals surface area contributed by atoms with E-state index in [1.54, 1.807) is 48.5 Å². The van der Waals surface area contributed by atoms with Gasteiger partial charge in [0.2, 0.25) is 0 Å². The number of carbonyl (C=O) groups excluding carboxylic acids is 3. The summed E-state index contributed by atoms with van der Waals surface area (Å²) < 4.78 is 14.9. The molecule has 0 radical (unpaired) electrons. The molecule has 0 aliphatic carbocycles. The summed E-state index contributed by atoms with van der Waals surface area (Å²) in [5.74, 6) is -1.63. The lowest BCUT2D eigenvalue weighted by Crippen LogP contribution is -2.15. The average Bonchev–Trinajstić information content (AvgIpc) is 2.70. The summed E-state index contributed by atoms with van der Waals surface area (Å²) in [5.41, 5.74) is 2.01. The van der Waals surface area contributed by atoms with Crippen LogP contribution in [0.3, 0.4) is 0 Å². The molecule has 0 spiro atoms. The monoisotopic (exact) mass is 368 g/mol. The largest absolute Gasteiger partial charge is 0.465 e. The Labute approximate surface area is 157 Å². The lowest BCUT2D eigenvalue weighted by molar-refractivity contribution is -0.140. The van der Waals surface area contributed by atoms with Crippen molar-refractivity contribution < 1.29 is 28.6 Å². The molecule has 6 nitrogen and oxygen atoms in total. The summed E-state index contributed by atoms with van der Waals surface area (Å²) in [6.45, 7) is 4.84. The van der Waals surface area contributed by atoms with E-state index < -0.39 is 17.9 Å². The van der Waals surface area contributed by atoms with Gasteiger partial charge >= 0.3 is 17.9 Å². The van der Waals surface area contributed by atoms with E-state index in [1.807, 2.05) is 0 Å². The molecule has 0 aliphatic rings. The molecule has 0 bridgehead atoms. The highest BCUT2D eigenvalue weighted by Crippen LogP contribution is 2.28. The van der Waals surface area contributed by atoms with Crippen LogP contribution in [0.4, 0.5) is 0 Å². The van der Waals surface area contributed by atoms with Crippen molar-refractivity contribution in [2.24, 2.45) is 0 Å². The third-order valence-corrected chi connectivity index (χ3v) is 3.67. The Bertz CT molecular complexity index is 868. The first-order valence-corrected chi connectivity index (χ1v) is 8.22. The highest BCUT2D eigenvalue weighted by molar-refractivity contribution is 6.03. The summed E-state index contributed by atoms with van der Waals surface area (Å²) in [4.78, 5) is 35.8. The van der Waals surface area contributed by atoms with E-state index in [0.29, 0.717) is 22.3 Å². The fourth-order valence-corrected chi connectivity index (χ4v) is 2.37. The predicted molar refractivity (Wildman–Crippen MR) is 99.3 cm³/mol. The van der Waals surface area contributed by atoms with Crippen LogP contribution in [0.25, 0.3) is 11.1 Å². The van der Waals surface area contributed by atoms with Gasteiger partial charge < -0.3 is 14.2 Å². The topological polar surface area (TPSA) is 78.9 Å². The van der Waals surface area contributed by atoms with E-state index in [2.05, 4.69) is 6.58 Å². The second-order valence-electron chi connectivity index (χ2n) is 5.63. The molecule has 0 amide bonds. The van der Waals surface area contributed by atoms with Crippen LogP contribution in [0.5, 0.6) is 0 Å². The number of hydrogen-bond donors (Lipinski definition) is 0. The zero-order chi connectivity index (χ0) is 19.8. The maximum absolute atomic E-state index is 12.5. The summed E-state index contributed by atoms with van der Waals surface area (Å²) in [6.07, 6.45) is 0. The molecule has 140 valence electrons. The van der Waals surface area contributed by atoms with Gasteiger partial charge in [0.1, 0.15) is 13.2 Å². The summed E-state index contributed by atoms with van der Waals surface area (Å²) in [6, 6.07) is 13.6. The molecule has 0 N–H and O–H groups in total. The minimum atomic E-state index is -0.586. The molecule has 0 unspecified atom stereocenters. The Morgan fingerprint density at radius 3 is 1.81 bits per heavy atom. The number of esters is 3. The van der Waals surface area contributed by atoms with Crippen LogP contribution in [-0.2, 0) is 19.0 Å². The fourth-order valence-electron chi connectivity index (χ4n) is 2.37. The number of methoxy groups -OCH3 is 1. The minimum Gasteiger partial charge on any atom is -0.465 e. The first-order valence-electron chi connectivity index (χ1n) is 8.22. The number of rotatable bonds is 7. The smallest absolute Gasteiger partial charge is 0.338 e. The number of ether oxygens (including phenoxy) is 3. The molecule has 2 rings (SSSR count). The Morgan fingerprint density at radius 2 is 1.30 bits per heavy atom. The molecule has 0 fully saturated rings. The number of carbonyl (C=O) groups is 3. The van der Waals surface area contributed by atoms with Gasteiger partial charge in [-0.05, 0) is 30.2 Å². The molecule has 0 aromatic heterocycles. The van der Waals surface area contributed by atoms with Crippen molar-refractivity contribution in [2.45, 2.75) is 6.92 Å². The third kappa shape index (κ3) is 5.04. The van der Waals surface area contributed by atoms with Crippen molar-refractivity contribution in [1.29, 1.82) is 0 Å². The zero-order valence-corrected chi connectivity index (χ0v) is 15.2. The van der Waals surface area contributed by atoms with E-state index in [0.717, 1.165) is 0 Å². The Hall–Kier alpha value is -3.41. The average molecular weight is 368 g/mol. The predicted octanol–water partition coefficient (Wildman–Crippen LogP) is 3.42. The molecule has 2 aromatic carbocycles. The maximum atomic E-state index is 12.5. The van der Waals surface area contributed by atoms with Gasteiger partial charge in [0, 0.05) is 5.57 Å². The van der Waals surface area contributed by atoms with Crippen molar-refractivity contribution in [1.82, 2.24) is 0 Å². The second kappa shape index (κ2) is 9.33. The highest BCUT2D eigenvalue weighted by Gasteiger charge is 2.19. The molecule has 0 saturated carbocycles. The van der Waals surface area contributed by atoms with Gasteiger partial charge in [-0.25, -0.2) is 14.4 Å². The van der Waals surface area contributed by atoms with Crippen LogP contribution >= 0.6 is 0 Å². The van der Waals surface area contributed by atoms with Gasteiger partial charge in [-0.3, -0.25) is 0 Å². The molecule has 0 aliphatic heterocycles. The van der Waals surface area contributed by atoms with Crippen LogP contribution in [-0.4, -0.2) is 38.2 Å². The Kier molecular flexibility index (Phi) is 6.88. The van der Waals surface area contributed by atoms with E-state index in [4.69, 9.17) is 14.2 Å². The summed E-state index contributed by atoms with van der Waals surface area (Å²) in [7, 11) is 1.30. The molecular formula is C21H20O6. The van der Waals surface area contributed by atoms with Crippen molar-refractivity contribution >= 4 is 17.9 Å². The van der Waals surface area contributed by atoms with Crippen LogP contribution in [0.2, 0.25) is 0 Å². The van der Waals surface area contributed by atoms with Crippen molar-refractivity contribution in [2.75, 3.05) is 20.3 Å². The summed E-state index contributed by atoms with van der Waals surface area (Å²) >= 11 is 0. The van der Waals surface area contributed by atoms with Crippen molar-refractivity contribution in [3.05, 3.63) is 71.8 Å². The van der Waals surface area contributed by atoms with Crippen LogP contribution in [0.1, 0.15) is 27.6 Å². The van der Waals surface area contributed by atoms with Crippen LogP contribution in [0.15, 0.2) is 60.7 Å². The highest BCUT2D eigenvalue weighted by atomic mass is 16.6.